The Labute approximate surface area is 139 Å². The van der Waals surface area contributed by atoms with Gasteiger partial charge in [-0.2, -0.15) is 0 Å². The molecule has 1 amide bonds. The van der Waals surface area contributed by atoms with Gasteiger partial charge in [0.1, 0.15) is 0 Å². The molecule has 2 rings (SSSR count). The lowest BCUT2D eigenvalue weighted by Crippen LogP contribution is -2.39. The molecule has 1 aromatic rings. The zero-order chi connectivity index (χ0) is 16.5. The van der Waals surface area contributed by atoms with Crippen molar-refractivity contribution in [1.82, 2.24) is 4.90 Å². The van der Waals surface area contributed by atoms with E-state index in [9.17, 15) is 4.79 Å². The minimum atomic E-state index is 0.222. The number of amides is 1. The van der Waals surface area contributed by atoms with Gasteiger partial charge in [0.2, 0.25) is 5.91 Å². The molecule has 23 heavy (non-hydrogen) atoms. The Bertz CT molecular complexity index is 463. The van der Waals surface area contributed by atoms with Crippen LogP contribution in [0.15, 0.2) is 30.3 Å². The predicted molar refractivity (Wildman–Crippen MR) is 91.5 cm³/mol. The summed E-state index contributed by atoms with van der Waals surface area (Å²) in [6.45, 7) is 4.70. The van der Waals surface area contributed by atoms with Crippen molar-refractivity contribution in [3.63, 3.8) is 0 Å². The van der Waals surface area contributed by atoms with E-state index in [0.717, 1.165) is 25.8 Å². The Morgan fingerprint density at radius 2 is 2.04 bits per heavy atom. The Hall–Kier alpha value is -1.39. The summed E-state index contributed by atoms with van der Waals surface area (Å²) in [6, 6.07) is 10.9. The molecule has 1 fully saturated rings. The maximum atomic E-state index is 12.6. The molecule has 1 heterocycles. The van der Waals surface area contributed by atoms with Crippen LogP contribution in [-0.4, -0.2) is 50.3 Å². The minimum Gasteiger partial charge on any atom is -0.382 e. The van der Waals surface area contributed by atoms with Crippen LogP contribution in [0.5, 0.6) is 0 Å². The molecule has 0 unspecified atom stereocenters. The molecule has 1 aliphatic rings. The number of carbonyl (C=O) groups is 1. The topological polar surface area (TPSA) is 38.8 Å². The molecule has 0 radical (unpaired) electrons. The Morgan fingerprint density at radius 3 is 2.74 bits per heavy atom. The molecule has 4 heteroatoms. The third kappa shape index (κ3) is 5.05. The van der Waals surface area contributed by atoms with Gasteiger partial charge in [-0.05, 0) is 24.8 Å². The highest BCUT2D eigenvalue weighted by Crippen LogP contribution is 2.33. The Morgan fingerprint density at radius 1 is 1.26 bits per heavy atom. The molecule has 0 N–H and O–H groups in total. The van der Waals surface area contributed by atoms with E-state index >= 15 is 0 Å². The quantitative estimate of drug-likeness (QED) is 0.656. The van der Waals surface area contributed by atoms with Crippen LogP contribution in [0.4, 0.5) is 0 Å². The maximum absolute atomic E-state index is 12.6. The molecule has 0 bridgehead atoms. The van der Waals surface area contributed by atoms with E-state index in [-0.39, 0.29) is 5.91 Å². The van der Waals surface area contributed by atoms with Crippen LogP contribution in [0.2, 0.25) is 0 Å². The molecule has 0 aliphatic carbocycles. The standard InChI is InChI=1S/C19H29NO3/c1-3-17(16-8-5-4-6-9-16)18-10-7-12-20(18)19(21)11-13-23-15-14-22-2/h4-6,8-9,17-18H,3,7,10-15H2,1-2H3/t17-,18-/m0/s1. The van der Waals surface area contributed by atoms with Gasteiger partial charge in [0.15, 0.2) is 0 Å². The molecule has 2 atom stereocenters. The lowest BCUT2D eigenvalue weighted by molar-refractivity contribution is -0.133. The first-order chi connectivity index (χ1) is 11.3. The van der Waals surface area contributed by atoms with Gasteiger partial charge in [-0.1, -0.05) is 37.3 Å². The highest BCUT2D eigenvalue weighted by molar-refractivity contribution is 5.77. The SMILES string of the molecule is CC[C@@H](c1ccccc1)[C@@H]1CCCN1C(=O)CCOCCOC. The largest absolute Gasteiger partial charge is 0.382 e. The Kier molecular flexibility index (Phi) is 7.56. The van der Waals surface area contributed by atoms with Crippen LogP contribution in [0.3, 0.4) is 0 Å². The normalized spacial score (nSPS) is 19.0. The molecule has 4 nitrogen and oxygen atoms in total. The maximum Gasteiger partial charge on any atom is 0.225 e. The number of ether oxygens (including phenoxy) is 2. The average Bonchev–Trinajstić information content (AvgIpc) is 3.06. The number of hydrogen-bond donors (Lipinski definition) is 0. The van der Waals surface area contributed by atoms with Gasteiger partial charge < -0.3 is 14.4 Å². The first kappa shape index (κ1) is 18.0. The first-order valence-electron chi connectivity index (χ1n) is 8.69. The highest BCUT2D eigenvalue weighted by Gasteiger charge is 2.34. The lowest BCUT2D eigenvalue weighted by atomic mass is 9.87. The summed E-state index contributed by atoms with van der Waals surface area (Å²) >= 11 is 0. The molecule has 1 aromatic carbocycles. The van der Waals surface area contributed by atoms with E-state index in [0.29, 0.717) is 38.2 Å². The van der Waals surface area contributed by atoms with Crippen molar-refractivity contribution in [3.8, 4) is 0 Å². The average molecular weight is 319 g/mol. The van der Waals surface area contributed by atoms with E-state index in [1.807, 2.05) is 6.07 Å². The van der Waals surface area contributed by atoms with Crippen molar-refractivity contribution in [3.05, 3.63) is 35.9 Å². The summed E-state index contributed by atoms with van der Waals surface area (Å²) in [5.74, 6) is 0.649. The highest BCUT2D eigenvalue weighted by atomic mass is 16.5. The zero-order valence-corrected chi connectivity index (χ0v) is 14.4. The van der Waals surface area contributed by atoms with Crippen molar-refractivity contribution in [2.24, 2.45) is 0 Å². The summed E-state index contributed by atoms with van der Waals surface area (Å²) in [4.78, 5) is 14.6. The smallest absolute Gasteiger partial charge is 0.225 e. The number of hydrogen-bond acceptors (Lipinski definition) is 3. The van der Waals surface area contributed by atoms with Gasteiger partial charge in [0, 0.05) is 25.6 Å². The predicted octanol–water partition coefficient (Wildman–Crippen LogP) is 3.22. The Balaban J connectivity index is 1.92. The van der Waals surface area contributed by atoms with Crippen LogP contribution >= 0.6 is 0 Å². The summed E-state index contributed by atoms with van der Waals surface area (Å²) in [5.41, 5.74) is 1.34. The van der Waals surface area contributed by atoms with Gasteiger partial charge in [0.05, 0.1) is 26.2 Å². The number of likely N-dealkylation sites (tertiary alicyclic amines) is 1. The third-order valence-corrected chi connectivity index (χ3v) is 4.64. The lowest BCUT2D eigenvalue weighted by Gasteiger charge is -2.31. The van der Waals surface area contributed by atoms with Gasteiger partial charge >= 0.3 is 0 Å². The molecule has 1 aliphatic heterocycles. The second-order valence-electron chi connectivity index (χ2n) is 6.08. The molecule has 0 spiro atoms. The van der Waals surface area contributed by atoms with Gasteiger partial charge in [0.25, 0.3) is 0 Å². The van der Waals surface area contributed by atoms with Gasteiger partial charge in [-0.3, -0.25) is 4.79 Å². The summed E-state index contributed by atoms with van der Waals surface area (Å²) in [6.07, 6.45) is 3.72. The number of rotatable bonds is 9. The zero-order valence-electron chi connectivity index (χ0n) is 14.4. The first-order valence-corrected chi connectivity index (χ1v) is 8.69. The van der Waals surface area contributed by atoms with E-state index in [4.69, 9.17) is 9.47 Å². The van der Waals surface area contributed by atoms with Gasteiger partial charge in [-0.15, -0.1) is 0 Å². The van der Waals surface area contributed by atoms with Crippen LogP contribution in [-0.2, 0) is 14.3 Å². The molecular weight excluding hydrogens is 290 g/mol. The van der Waals surface area contributed by atoms with Crippen LogP contribution in [0, 0.1) is 0 Å². The van der Waals surface area contributed by atoms with E-state index in [1.54, 1.807) is 7.11 Å². The van der Waals surface area contributed by atoms with E-state index < -0.39 is 0 Å². The van der Waals surface area contributed by atoms with Crippen LogP contribution in [0.1, 0.15) is 44.1 Å². The molecule has 0 aromatic heterocycles. The third-order valence-electron chi connectivity index (χ3n) is 4.64. The second kappa shape index (κ2) is 9.68. The monoisotopic (exact) mass is 319 g/mol. The fourth-order valence-electron chi connectivity index (χ4n) is 3.50. The van der Waals surface area contributed by atoms with Crippen molar-refractivity contribution in [2.45, 2.75) is 44.6 Å². The van der Waals surface area contributed by atoms with Crippen molar-refractivity contribution in [2.75, 3.05) is 33.5 Å². The van der Waals surface area contributed by atoms with Gasteiger partial charge in [-0.25, -0.2) is 0 Å². The molecular formula is C19H29NO3. The molecule has 128 valence electrons. The summed E-state index contributed by atoms with van der Waals surface area (Å²) in [7, 11) is 1.65. The summed E-state index contributed by atoms with van der Waals surface area (Å²) in [5, 5.41) is 0. The number of benzene rings is 1. The number of nitrogens with zero attached hydrogens (tertiary/aromatic N) is 1. The molecule has 0 saturated carbocycles. The van der Waals surface area contributed by atoms with Crippen molar-refractivity contribution in [1.29, 1.82) is 0 Å². The molecule has 1 saturated heterocycles. The fourth-order valence-corrected chi connectivity index (χ4v) is 3.50. The van der Waals surface area contributed by atoms with Crippen molar-refractivity contribution < 1.29 is 14.3 Å². The van der Waals surface area contributed by atoms with Crippen LogP contribution in [0.25, 0.3) is 0 Å². The van der Waals surface area contributed by atoms with E-state index in [2.05, 4.69) is 36.1 Å². The summed E-state index contributed by atoms with van der Waals surface area (Å²) < 4.78 is 10.4. The van der Waals surface area contributed by atoms with Crippen LogP contribution < -0.4 is 0 Å². The van der Waals surface area contributed by atoms with Crippen molar-refractivity contribution >= 4 is 5.91 Å². The second-order valence-corrected chi connectivity index (χ2v) is 6.08. The number of carbonyl (C=O) groups excluding carboxylic acids is 1. The fraction of sp³-hybridized carbons (Fsp3) is 0.632. The van der Waals surface area contributed by atoms with E-state index in [1.165, 1.54) is 5.56 Å². The minimum absolute atomic E-state index is 0.222. The number of methoxy groups -OCH3 is 1.